The lowest BCUT2D eigenvalue weighted by Crippen LogP contribution is -2.43. The van der Waals surface area contributed by atoms with E-state index in [-0.39, 0.29) is 12.3 Å². The van der Waals surface area contributed by atoms with Crippen LogP contribution in [0.3, 0.4) is 0 Å². The number of carbonyl (C=O) groups excluding carboxylic acids is 2. The van der Waals surface area contributed by atoms with Crippen molar-refractivity contribution in [1.29, 1.82) is 0 Å². The molecule has 1 N–H and O–H groups in total. The van der Waals surface area contributed by atoms with Crippen LogP contribution in [0.5, 0.6) is 0 Å². The Bertz CT molecular complexity index is 551. The lowest BCUT2D eigenvalue weighted by molar-refractivity contribution is -0.147. The number of esters is 1. The number of ether oxygens (including phenoxy) is 1. The number of nitrogens with one attached hydrogen (secondary N) is 1. The number of hydrogen-bond donors (Lipinski definition) is 1. The highest BCUT2D eigenvalue weighted by molar-refractivity contribution is 5.93. The number of carbonyl (C=O) groups is 2. The first-order valence-corrected chi connectivity index (χ1v) is 6.72. The van der Waals surface area contributed by atoms with Crippen molar-refractivity contribution in [2.45, 2.75) is 25.8 Å². The average Bonchev–Trinajstić information content (AvgIpc) is 2.91. The zero-order valence-corrected chi connectivity index (χ0v) is 11.6. The van der Waals surface area contributed by atoms with Crippen LogP contribution >= 0.6 is 0 Å². The predicted octanol–water partition coefficient (Wildman–Crippen LogP) is 2.52. The quantitative estimate of drug-likeness (QED) is 0.872. The van der Waals surface area contributed by atoms with E-state index in [4.69, 9.17) is 4.74 Å². The van der Waals surface area contributed by atoms with E-state index in [2.05, 4.69) is 5.32 Å². The Morgan fingerprint density at radius 2 is 2.19 bits per heavy atom. The van der Waals surface area contributed by atoms with Gasteiger partial charge in [-0.3, -0.25) is 0 Å². The molecule has 1 atom stereocenters. The Morgan fingerprint density at radius 3 is 2.86 bits per heavy atom. The molecule has 1 fully saturated rings. The maximum atomic E-state index is 13.5. The molecule has 0 aromatic heterocycles. The van der Waals surface area contributed by atoms with Crippen LogP contribution in [0.15, 0.2) is 18.2 Å². The van der Waals surface area contributed by atoms with Gasteiger partial charge in [0.2, 0.25) is 0 Å². The van der Waals surface area contributed by atoms with Gasteiger partial charge in [-0.1, -0.05) is 0 Å². The van der Waals surface area contributed by atoms with Gasteiger partial charge in [0.05, 0.1) is 12.3 Å². The van der Waals surface area contributed by atoms with E-state index < -0.39 is 29.7 Å². The van der Waals surface area contributed by atoms with Crippen LogP contribution in [0, 0.1) is 11.6 Å². The number of likely N-dealkylation sites (tertiary alicyclic amines) is 1. The molecule has 1 unspecified atom stereocenters. The summed E-state index contributed by atoms with van der Waals surface area (Å²) in [5.74, 6) is -2.06. The minimum Gasteiger partial charge on any atom is -0.464 e. The summed E-state index contributed by atoms with van der Waals surface area (Å²) in [5.41, 5.74) is -0.129. The molecular formula is C14H16F2N2O3. The SMILES string of the molecule is CCOC(=O)C1CCCN1C(=O)Nc1ccc(F)cc1F. The van der Waals surface area contributed by atoms with Crippen LogP contribution in [0.4, 0.5) is 19.3 Å². The fraction of sp³-hybridized carbons (Fsp3) is 0.429. The summed E-state index contributed by atoms with van der Waals surface area (Å²) in [4.78, 5) is 25.2. The van der Waals surface area contributed by atoms with Crippen molar-refractivity contribution in [1.82, 2.24) is 4.90 Å². The molecule has 0 aliphatic carbocycles. The number of urea groups is 1. The molecule has 0 saturated carbocycles. The molecule has 21 heavy (non-hydrogen) atoms. The third-order valence-corrected chi connectivity index (χ3v) is 3.25. The largest absolute Gasteiger partial charge is 0.464 e. The smallest absolute Gasteiger partial charge is 0.328 e. The van der Waals surface area contributed by atoms with Crippen molar-refractivity contribution in [3.05, 3.63) is 29.8 Å². The summed E-state index contributed by atoms with van der Waals surface area (Å²) in [6.45, 7) is 2.31. The van der Waals surface area contributed by atoms with E-state index in [0.29, 0.717) is 25.5 Å². The second-order valence-electron chi connectivity index (χ2n) is 4.66. The van der Waals surface area contributed by atoms with Crippen LogP contribution in [-0.2, 0) is 9.53 Å². The van der Waals surface area contributed by atoms with Crippen LogP contribution in [0.25, 0.3) is 0 Å². The maximum absolute atomic E-state index is 13.5. The minimum atomic E-state index is -0.866. The third kappa shape index (κ3) is 3.48. The molecule has 1 aliphatic rings. The Labute approximate surface area is 120 Å². The Hall–Kier alpha value is -2.18. The Kier molecular flexibility index (Phi) is 4.72. The summed E-state index contributed by atoms with van der Waals surface area (Å²) in [6, 6.07) is 1.61. The maximum Gasteiger partial charge on any atom is 0.328 e. The first kappa shape index (κ1) is 15.2. The topological polar surface area (TPSA) is 58.6 Å². The monoisotopic (exact) mass is 298 g/mol. The van der Waals surface area contributed by atoms with Gasteiger partial charge in [-0.25, -0.2) is 18.4 Å². The van der Waals surface area contributed by atoms with Gasteiger partial charge in [0.15, 0.2) is 0 Å². The second-order valence-corrected chi connectivity index (χ2v) is 4.66. The van der Waals surface area contributed by atoms with Gasteiger partial charge in [0.25, 0.3) is 0 Å². The molecule has 114 valence electrons. The summed E-state index contributed by atoms with van der Waals surface area (Å²) >= 11 is 0. The number of hydrogen-bond acceptors (Lipinski definition) is 3. The van der Waals surface area contributed by atoms with Crippen molar-refractivity contribution in [3.63, 3.8) is 0 Å². The third-order valence-electron chi connectivity index (χ3n) is 3.25. The van der Waals surface area contributed by atoms with E-state index in [0.717, 1.165) is 12.1 Å². The molecule has 7 heteroatoms. The molecule has 1 aliphatic heterocycles. The molecular weight excluding hydrogens is 282 g/mol. The van der Waals surface area contributed by atoms with Crippen molar-refractivity contribution in [2.24, 2.45) is 0 Å². The molecule has 2 amide bonds. The number of benzene rings is 1. The average molecular weight is 298 g/mol. The first-order valence-electron chi connectivity index (χ1n) is 6.72. The lowest BCUT2D eigenvalue weighted by Gasteiger charge is -2.23. The number of rotatable bonds is 3. The van der Waals surface area contributed by atoms with E-state index >= 15 is 0 Å². The van der Waals surface area contributed by atoms with Gasteiger partial charge in [0.1, 0.15) is 17.7 Å². The van der Waals surface area contributed by atoms with Crippen molar-refractivity contribution in [2.75, 3.05) is 18.5 Å². The molecule has 0 spiro atoms. The molecule has 0 bridgehead atoms. The van der Waals surface area contributed by atoms with Crippen LogP contribution in [0.2, 0.25) is 0 Å². The summed E-state index contributed by atoms with van der Waals surface area (Å²) in [6.07, 6.45) is 1.18. The van der Waals surface area contributed by atoms with Gasteiger partial charge in [-0.2, -0.15) is 0 Å². The Morgan fingerprint density at radius 1 is 1.43 bits per heavy atom. The molecule has 2 rings (SSSR count). The molecule has 1 saturated heterocycles. The van der Waals surface area contributed by atoms with Gasteiger partial charge in [0, 0.05) is 12.6 Å². The zero-order chi connectivity index (χ0) is 15.4. The normalized spacial score (nSPS) is 17.7. The summed E-state index contributed by atoms with van der Waals surface area (Å²) in [7, 11) is 0. The second kappa shape index (κ2) is 6.51. The number of halogens is 2. The van der Waals surface area contributed by atoms with E-state index in [1.807, 2.05) is 0 Å². The van der Waals surface area contributed by atoms with Crippen molar-refractivity contribution in [3.8, 4) is 0 Å². The molecule has 1 aromatic rings. The number of nitrogens with zero attached hydrogens (tertiary/aromatic N) is 1. The highest BCUT2D eigenvalue weighted by atomic mass is 19.1. The summed E-state index contributed by atoms with van der Waals surface area (Å²) in [5, 5.41) is 2.34. The predicted molar refractivity (Wildman–Crippen MR) is 71.7 cm³/mol. The highest BCUT2D eigenvalue weighted by Gasteiger charge is 2.35. The van der Waals surface area contributed by atoms with E-state index in [9.17, 15) is 18.4 Å². The van der Waals surface area contributed by atoms with Gasteiger partial charge >= 0.3 is 12.0 Å². The number of anilines is 1. The fourth-order valence-electron chi connectivity index (χ4n) is 2.27. The fourth-order valence-corrected chi connectivity index (χ4v) is 2.27. The van der Waals surface area contributed by atoms with Crippen molar-refractivity contribution >= 4 is 17.7 Å². The lowest BCUT2D eigenvalue weighted by atomic mass is 10.2. The number of amides is 2. The van der Waals surface area contributed by atoms with Gasteiger partial charge in [-0.15, -0.1) is 0 Å². The van der Waals surface area contributed by atoms with Crippen LogP contribution in [0.1, 0.15) is 19.8 Å². The molecule has 1 aromatic carbocycles. The van der Waals surface area contributed by atoms with Gasteiger partial charge < -0.3 is 15.0 Å². The van der Waals surface area contributed by atoms with Crippen molar-refractivity contribution < 1.29 is 23.1 Å². The van der Waals surface area contributed by atoms with Gasteiger partial charge in [-0.05, 0) is 31.9 Å². The zero-order valence-electron chi connectivity index (χ0n) is 11.6. The van der Waals surface area contributed by atoms with E-state index in [1.54, 1.807) is 6.92 Å². The Balaban J connectivity index is 2.06. The molecule has 5 nitrogen and oxygen atoms in total. The minimum absolute atomic E-state index is 0.129. The van der Waals surface area contributed by atoms with Crippen LogP contribution < -0.4 is 5.32 Å². The highest BCUT2D eigenvalue weighted by Crippen LogP contribution is 2.21. The van der Waals surface area contributed by atoms with Crippen LogP contribution in [-0.4, -0.2) is 36.1 Å². The van der Waals surface area contributed by atoms with E-state index in [1.165, 1.54) is 4.90 Å². The first-order chi connectivity index (χ1) is 10.0. The molecule has 0 radical (unpaired) electrons. The summed E-state index contributed by atoms with van der Waals surface area (Å²) < 4.78 is 31.2. The molecule has 1 heterocycles. The standard InChI is InChI=1S/C14H16F2N2O3/c1-2-21-13(19)12-4-3-7-18(12)14(20)17-11-6-5-9(15)8-10(11)16/h5-6,8,12H,2-4,7H2,1H3,(H,17,20).